The quantitative estimate of drug-likeness (QED) is 0.552. The second-order valence-electron chi connectivity index (χ2n) is 7.15. The van der Waals surface area contributed by atoms with Crippen LogP contribution in [0.1, 0.15) is 57.7 Å². The first kappa shape index (κ1) is 14.0. The lowest BCUT2D eigenvalue weighted by molar-refractivity contribution is -0.385. The van der Waals surface area contributed by atoms with Crippen LogP contribution in [0, 0.1) is 23.0 Å². The molecule has 3 nitrogen and oxygen atoms in total. The van der Waals surface area contributed by atoms with Crippen LogP contribution in [0.5, 0.6) is 0 Å². The highest BCUT2D eigenvalue weighted by Crippen LogP contribution is 2.50. The third kappa shape index (κ3) is 2.05. The van der Waals surface area contributed by atoms with Crippen molar-refractivity contribution in [2.24, 2.45) is 5.92 Å². The van der Waals surface area contributed by atoms with Crippen molar-refractivity contribution in [3.8, 4) is 0 Å². The van der Waals surface area contributed by atoms with Crippen LogP contribution >= 0.6 is 0 Å². The van der Waals surface area contributed by atoms with Crippen LogP contribution in [0.4, 0.5) is 5.69 Å². The van der Waals surface area contributed by atoms with Crippen LogP contribution in [-0.4, -0.2) is 4.92 Å². The maximum atomic E-state index is 11.1. The van der Waals surface area contributed by atoms with Crippen molar-refractivity contribution in [1.82, 2.24) is 0 Å². The molecule has 0 unspecified atom stereocenters. The summed E-state index contributed by atoms with van der Waals surface area (Å²) in [6, 6.07) is 3.84. The summed E-state index contributed by atoms with van der Waals surface area (Å²) in [5, 5.41) is 11.1. The molecule has 19 heavy (non-hydrogen) atoms. The summed E-state index contributed by atoms with van der Waals surface area (Å²) in [6.07, 6.45) is 1.06. The van der Waals surface area contributed by atoms with Crippen LogP contribution in [0.25, 0.3) is 0 Å². The Kier molecular flexibility index (Phi) is 3.00. The third-order valence-corrected chi connectivity index (χ3v) is 5.00. The largest absolute Gasteiger partial charge is 0.272 e. The second-order valence-corrected chi connectivity index (χ2v) is 7.15. The first-order valence-corrected chi connectivity index (χ1v) is 6.87. The lowest BCUT2D eigenvalue weighted by atomic mass is 9.58. The molecule has 0 amide bonds. The number of nitro benzene ring substituents is 1. The van der Waals surface area contributed by atoms with Gasteiger partial charge in [0.05, 0.1) is 4.92 Å². The van der Waals surface area contributed by atoms with E-state index in [0.29, 0.717) is 5.92 Å². The molecule has 0 aromatic heterocycles. The minimum absolute atomic E-state index is 0.00271. The predicted molar refractivity (Wildman–Crippen MR) is 77.7 cm³/mol. The Morgan fingerprint density at radius 2 is 1.79 bits per heavy atom. The van der Waals surface area contributed by atoms with Crippen LogP contribution in [0.3, 0.4) is 0 Å². The molecule has 1 aromatic rings. The zero-order valence-electron chi connectivity index (χ0n) is 12.7. The number of aryl methyl sites for hydroxylation is 1. The lowest BCUT2D eigenvalue weighted by Crippen LogP contribution is -2.40. The summed E-state index contributed by atoms with van der Waals surface area (Å²) in [7, 11) is 0. The van der Waals surface area contributed by atoms with Crippen molar-refractivity contribution >= 4 is 5.69 Å². The molecule has 1 aromatic carbocycles. The standard InChI is InChI=1S/C16H23NO2/c1-10-7-13-12(8-14(10)17(18)19)15(3,4)9-11(2)16(13,5)6/h7-8,11H,9H2,1-6H3/t11-/m1/s1. The molecule has 0 saturated heterocycles. The van der Waals surface area contributed by atoms with Gasteiger partial charge < -0.3 is 0 Å². The Balaban J connectivity index is 2.75. The Hall–Kier alpha value is -1.38. The van der Waals surface area contributed by atoms with Gasteiger partial charge in [0.15, 0.2) is 0 Å². The summed E-state index contributed by atoms with van der Waals surface area (Å²) < 4.78 is 0. The fourth-order valence-electron chi connectivity index (χ4n) is 3.38. The van der Waals surface area contributed by atoms with Crippen LogP contribution in [0.2, 0.25) is 0 Å². The third-order valence-electron chi connectivity index (χ3n) is 5.00. The fraction of sp³-hybridized carbons (Fsp3) is 0.625. The molecule has 104 valence electrons. The summed E-state index contributed by atoms with van der Waals surface area (Å²) in [5.74, 6) is 0.566. The maximum Gasteiger partial charge on any atom is 0.272 e. The zero-order chi connectivity index (χ0) is 14.6. The second kappa shape index (κ2) is 4.06. The molecule has 2 rings (SSSR count). The van der Waals surface area contributed by atoms with Gasteiger partial charge in [-0.15, -0.1) is 0 Å². The van der Waals surface area contributed by atoms with Gasteiger partial charge in [0, 0.05) is 11.6 Å². The highest BCUT2D eigenvalue weighted by Gasteiger charge is 2.42. The molecule has 0 aliphatic heterocycles. The molecule has 0 saturated carbocycles. The van der Waals surface area contributed by atoms with Gasteiger partial charge in [-0.25, -0.2) is 0 Å². The number of hydrogen-bond donors (Lipinski definition) is 0. The molecular weight excluding hydrogens is 238 g/mol. The Morgan fingerprint density at radius 3 is 2.32 bits per heavy atom. The molecule has 0 spiro atoms. The molecule has 0 N–H and O–H groups in total. The van der Waals surface area contributed by atoms with Crippen LogP contribution in [0.15, 0.2) is 12.1 Å². The molecule has 3 heteroatoms. The molecule has 1 aliphatic rings. The summed E-state index contributed by atoms with van der Waals surface area (Å²) in [6.45, 7) is 13.0. The Labute approximate surface area is 115 Å². The first-order valence-electron chi connectivity index (χ1n) is 6.87. The van der Waals surface area contributed by atoms with E-state index < -0.39 is 0 Å². The molecule has 1 aliphatic carbocycles. The van der Waals surface area contributed by atoms with Gasteiger partial charge in [-0.3, -0.25) is 10.1 Å². The van der Waals surface area contributed by atoms with Gasteiger partial charge in [-0.1, -0.05) is 34.6 Å². The minimum Gasteiger partial charge on any atom is -0.258 e. The Morgan fingerprint density at radius 1 is 1.21 bits per heavy atom. The van der Waals surface area contributed by atoms with Gasteiger partial charge in [0.25, 0.3) is 5.69 Å². The van der Waals surface area contributed by atoms with Crippen LogP contribution in [-0.2, 0) is 10.8 Å². The number of rotatable bonds is 1. The van der Waals surface area contributed by atoms with Gasteiger partial charge in [0.1, 0.15) is 0 Å². The normalized spacial score (nSPS) is 23.8. The van der Waals surface area contributed by atoms with E-state index in [4.69, 9.17) is 0 Å². The molecular formula is C16H23NO2. The van der Waals surface area contributed by atoms with Gasteiger partial charge >= 0.3 is 0 Å². The number of nitrogens with zero attached hydrogens (tertiary/aromatic N) is 1. The molecule has 0 heterocycles. The van der Waals surface area contributed by atoms with E-state index in [-0.39, 0.29) is 21.4 Å². The molecule has 0 bridgehead atoms. The number of nitro groups is 1. The highest BCUT2D eigenvalue weighted by molar-refractivity contribution is 5.53. The number of hydrogen-bond acceptors (Lipinski definition) is 2. The van der Waals surface area contributed by atoms with E-state index in [1.807, 2.05) is 13.0 Å². The molecule has 0 radical (unpaired) electrons. The average molecular weight is 261 g/mol. The van der Waals surface area contributed by atoms with E-state index in [9.17, 15) is 10.1 Å². The lowest BCUT2D eigenvalue weighted by Gasteiger charge is -2.46. The Bertz CT molecular complexity index is 544. The van der Waals surface area contributed by atoms with Crippen molar-refractivity contribution in [1.29, 1.82) is 0 Å². The smallest absolute Gasteiger partial charge is 0.258 e. The van der Waals surface area contributed by atoms with Gasteiger partial charge in [-0.05, 0) is 47.3 Å². The van der Waals surface area contributed by atoms with Gasteiger partial charge in [-0.2, -0.15) is 0 Å². The van der Waals surface area contributed by atoms with Crippen molar-refractivity contribution in [3.63, 3.8) is 0 Å². The van der Waals surface area contributed by atoms with Gasteiger partial charge in [0.2, 0.25) is 0 Å². The average Bonchev–Trinajstić information content (AvgIpc) is 2.25. The summed E-state index contributed by atoms with van der Waals surface area (Å²) >= 11 is 0. The topological polar surface area (TPSA) is 43.1 Å². The first-order chi connectivity index (χ1) is 8.57. The van der Waals surface area contributed by atoms with E-state index in [1.165, 1.54) is 5.56 Å². The van der Waals surface area contributed by atoms with E-state index in [1.54, 1.807) is 6.07 Å². The number of fused-ring (bicyclic) bond motifs is 1. The highest BCUT2D eigenvalue weighted by atomic mass is 16.6. The van der Waals surface area contributed by atoms with E-state index >= 15 is 0 Å². The maximum absolute atomic E-state index is 11.1. The molecule has 1 atom stereocenters. The van der Waals surface area contributed by atoms with Crippen molar-refractivity contribution in [2.45, 2.75) is 58.8 Å². The van der Waals surface area contributed by atoms with E-state index in [2.05, 4.69) is 34.6 Å². The minimum atomic E-state index is -0.267. The monoisotopic (exact) mass is 261 g/mol. The summed E-state index contributed by atoms with van der Waals surface area (Å²) in [4.78, 5) is 10.9. The van der Waals surface area contributed by atoms with Crippen molar-refractivity contribution in [3.05, 3.63) is 38.9 Å². The van der Waals surface area contributed by atoms with Crippen molar-refractivity contribution in [2.75, 3.05) is 0 Å². The molecule has 0 fully saturated rings. The zero-order valence-corrected chi connectivity index (χ0v) is 12.7. The van der Waals surface area contributed by atoms with E-state index in [0.717, 1.165) is 17.5 Å². The fourth-order valence-corrected chi connectivity index (χ4v) is 3.38. The predicted octanol–water partition coefficient (Wildman–Crippen LogP) is 4.50. The summed E-state index contributed by atoms with van der Waals surface area (Å²) in [5.41, 5.74) is 3.51. The SMILES string of the molecule is Cc1cc2c(cc1[N+](=O)[O-])C(C)(C)C[C@@H](C)C2(C)C. The van der Waals surface area contributed by atoms with Crippen molar-refractivity contribution < 1.29 is 4.92 Å². The number of benzene rings is 1. The van der Waals surface area contributed by atoms with Crippen LogP contribution < -0.4 is 0 Å².